The van der Waals surface area contributed by atoms with Gasteiger partial charge in [-0.15, -0.1) is 0 Å². The van der Waals surface area contributed by atoms with Crippen LogP contribution in [-0.4, -0.2) is 29.8 Å². The molecule has 0 aromatic heterocycles. The van der Waals surface area contributed by atoms with Crippen molar-refractivity contribution in [2.24, 2.45) is 0 Å². The highest BCUT2D eigenvalue weighted by molar-refractivity contribution is 7.98. The zero-order valence-corrected chi connectivity index (χ0v) is 38.7. The summed E-state index contributed by atoms with van der Waals surface area (Å²) in [5, 5.41) is 5.37. The Morgan fingerprint density at radius 2 is 0.792 bits per heavy atom. The Balaban J connectivity index is -0.000000591. The number of fused-ring (bicyclic) bond motifs is 2. The van der Waals surface area contributed by atoms with Gasteiger partial charge in [-0.3, -0.25) is 0 Å². The van der Waals surface area contributed by atoms with E-state index < -0.39 is 0 Å². The molecule has 0 spiro atoms. The lowest BCUT2D eigenvalue weighted by molar-refractivity contribution is -0.597. The molecule has 292 valence electrons. The highest BCUT2D eigenvalue weighted by atomic mass is 127. The lowest BCUT2D eigenvalue weighted by Gasteiger charge is -2.12. The maximum atomic E-state index is 2.29. The van der Waals surface area contributed by atoms with E-state index >= 15 is 0 Å². The molecule has 1 fully saturated rings. The first-order valence-corrected chi connectivity index (χ1v) is 25.4. The third-order valence-corrected chi connectivity index (χ3v) is 13.3. The summed E-state index contributed by atoms with van der Waals surface area (Å²) in [6.07, 6.45) is 6.04. The van der Waals surface area contributed by atoms with E-state index in [0.717, 1.165) is 10.9 Å². The topological polar surface area (TPSA) is 0 Å². The maximum absolute atomic E-state index is 2.29. The minimum atomic E-state index is 0. The fourth-order valence-corrected chi connectivity index (χ4v) is 8.92. The molecule has 0 unspecified atom stereocenters. The van der Waals surface area contributed by atoms with Crippen LogP contribution in [0.15, 0.2) is 157 Å². The van der Waals surface area contributed by atoms with Crippen LogP contribution in [0, 0.1) is 7.14 Å². The number of benzene rings is 6. The van der Waals surface area contributed by atoms with E-state index in [4.69, 9.17) is 0 Å². The predicted molar refractivity (Wildman–Crippen MR) is 251 cm³/mol. The lowest BCUT2D eigenvalue weighted by Crippen LogP contribution is -3.61. The molecule has 7 rings (SSSR count). The first-order valence-electron chi connectivity index (χ1n) is 19.5. The maximum Gasteiger partial charge on any atom is 0.357 e. The van der Waals surface area contributed by atoms with Gasteiger partial charge in [-0.1, -0.05) is 192 Å². The van der Waals surface area contributed by atoms with Crippen molar-refractivity contribution < 1.29 is 21.2 Å². The molecule has 0 amide bonds. The van der Waals surface area contributed by atoms with Crippen LogP contribution >= 0.6 is 0 Å². The van der Waals surface area contributed by atoms with Crippen molar-refractivity contribution in [1.29, 1.82) is 0 Å². The number of halogens is 1. The SMILES string of the molecule is C.CC.CC.CC.CC.CC.CC[S+]1CCC1.C[S+](C)c1cccc2ccccc12.c1ccc([I+]c2ccccc2)cc1.c1ccc2ccccc2c1. The van der Waals surface area contributed by atoms with E-state index in [9.17, 15) is 0 Å². The van der Waals surface area contributed by atoms with Gasteiger partial charge in [0.25, 0.3) is 0 Å². The Morgan fingerprint density at radius 1 is 0.453 bits per heavy atom. The molecule has 1 aliphatic rings. The zero-order valence-electron chi connectivity index (χ0n) is 35.0. The molecule has 3 heteroatoms. The van der Waals surface area contributed by atoms with Crippen molar-refractivity contribution in [1.82, 2.24) is 0 Å². The molecule has 0 radical (unpaired) electrons. The van der Waals surface area contributed by atoms with Crippen molar-refractivity contribution in [2.75, 3.05) is 29.8 Å². The van der Waals surface area contributed by atoms with Crippen LogP contribution in [0.25, 0.3) is 21.5 Å². The van der Waals surface area contributed by atoms with E-state index in [2.05, 4.69) is 171 Å². The van der Waals surface area contributed by atoms with E-state index in [1.165, 1.54) is 57.3 Å². The molecular formula is C50H76IS2+3. The standard InChI is InChI=1S/C12H10I.C12H13S.C10H8.C5H11S.5C2H6.CH4/c1-3-7-11(8-4-1)13-12-9-5-2-6-10-12;1-13(2)12-9-5-7-10-6-3-4-8-11(10)12;1-2-6-10-8-4-3-7-9(10)5-1;1-2-6-4-3-5-6;5*1-2;/h1-10H;3-9H,1-2H3;1-8H;2-5H2,1H3;5*1-2H3;1H4/q2*+1;;+1;;;;;;. The average Bonchev–Trinajstić information content (AvgIpc) is 3.22. The molecule has 1 aliphatic heterocycles. The van der Waals surface area contributed by atoms with Crippen LogP contribution in [0.3, 0.4) is 0 Å². The quantitative estimate of drug-likeness (QED) is 0.122. The van der Waals surface area contributed by atoms with Crippen LogP contribution in [0.2, 0.25) is 0 Å². The Hall–Kier alpha value is -2.73. The van der Waals surface area contributed by atoms with E-state index in [0.29, 0.717) is 10.9 Å². The molecule has 1 heterocycles. The Labute approximate surface area is 345 Å². The minimum absolute atomic E-state index is 0. The second kappa shape index (κ2) is 39.0. The summed E-state index contributed by atoms with van der Waals surface area (Å²) in [6, 6.07) is 53.2. The molecule has 53 heavy (non-hydrogen) atoms. The molecule has 0 saturated carbocycles. The fraction of sp³-hybridized carbons (Fsp3) is 0.360. The number of hydrogen-bond acceptors (Lipinski definition) is 0. The molecular weight excluding hydrogens is 792 g/mol. The summed E-state index contributed by atoms with van der Waals surface area (Å²) in [6.45, 7) is 22.3. The minimum Gasteiger partial charge on any atom is -0.0776 e. The van der Waals surface area contributed by atoms with Gasteiger partial charge in [-0.25, -0.2) is 0 Å². The number of hydrogen-bond donors (Lipinski definition) is 0. The van der Waals surface area contributed by atoms with Crippen LogP contribution in [0.1, 0.15) is 90.0 Å². The van der Waals surface area contributed by atoms with Crippen molar-refractivity contribution in [3.05, 3.63) is 159 Å². The van der Waals surface area contributed by atoms with Crippen molar-refractivity contribution in [3.63, 3.8) is 0 Å². The Bertz CT molecular complexity index is 1490. The average molecular weight is 868 g/mol. The fourth-order valence-electron chi connectivity index (χ4n) is 4.40. The first-order chi connectivity index (χ1) is 25.6. The smallest absolute Gasteiger partial charge is 0.0776 e. The zero-order chi connectivity index (χ0) is 39.4. The van der Waals surface area contributed by atoms with E-state index in [1.54, 1.807) is 0 Å². The van der Waals surface area contributed by atoms with Gasteiger partial charge in [-0.05, 0) is 70.4 Å². The monoisotopic (exact) mass is 867 g/mol. The summed E-state index contributed by atoms with van der Waals surface area (Å²) < 4.78 is 2.96. The van der Waals surface area contributed by atoms with Crippen LogP contribution in [-0.2, 0) is 21.8 Å². The largest absolute Gasteiger partial charge is 0.357 e. The summed E-state index contributed by atoms with van der Waals surface area (Å²) in [5.74, 6) is 4.52. The summed E-state index contributed by atoms with van der Waals surface area (Å²) >= 11 is 0.0287. The highest BCUT2D eigenvalue weighted by Crippen LogP contribution is 2.22. The molecule has 0 bridgehead atoms. The van der Waals surface area contributed by atoms with E-state index in [1.807, 2.05) is 69.2 Å². The van der Waals surface area contributed by atoms with Crippen molar-refractivity contribution >= 4 is 43.3 Å². The first kappa shape index (κ1) is 54.6. The van der Waals surface area contributed by atoms with Gasteiger partial charge in [0.2, 0.25) is 0 Å². The summed E-state index contributed by atoms with van der Waals surface area (Å²) in [5.41, 5.74) is 0. The van der Waals surface area contributed by atoms with Gasteiger partial charge in [-0.2, -0.15) is 0 Å². The lowest BCUT2D eigenvalue weighted by atomic mass is 10.1. The van der Waals surface area contributed by atoms with Gasteiger partial charge in [0.05, 0.1) is 0 Å². The Kier molecular flexibility index (Phi) is 40.2. The van der Waals surface area contributed by atoms with Crippen molar-refractivity contribution in [2.45, 2.75) is 94.9 Å². The molecule has 0 N–H and O–H groups in total. The molecule has 0 aliphatic carbocycles. The van der Waals surface area contributed by atoms with Gasteiger partial charge in [0.1, 0.15) is 29.8 Å². The van der Waals surface area contributed by atoms with Crippen LogP contribution in [0.5, 0.6) is 0 Å². The van der Waals surface area contributed by atoms with Gasteiger partial charge >= 0.3 is 21.2 Å². The molecule has 6 aromatic carbocycles. The number of rotatable bonds is 4. The van der Waals surface area contributed by atoms with E-state index in [-0.39, 0.29) is 28.6 Å². The van der Waals surface area contributed by atoms with Gasteiger partial charge in [0, 0.05) is 22.7 Å². The van der Waals surface area contributed by atoms with Crippen LogP contribution in [0.4, 0.5) is 0 Å². The summed E-state index contributed by atoms with van der Waals surface area (Å²) in [7, 11) is 1.24. The Morgan fingerprint density at radius 3 is 1.11 bits per heavy atom. The molecule has 0 nitrogen and oxygen atoms in total. The third kappa shape index (κ3) is 23.6. The molecule has 6 aromatic rings. The van der Waals surface area contributed by atoms with Gasteiger partial charge < -0.3 is 0 Å². The highest BCUT2D eigenvalue weighted by Gasteiger charge is 2.24. The normalized spacial score (nSPS) is 10.2. The summed E-state index contributed by atoms with van der Waals surface area (Å²) in [4.78, 5) is 1.47. The van der Waals surface area contributed by atoms with Gasteiger partial charge in [0.15, 0.2) is 12.0 Å². The molecule has 0 atom stereocenters. The predicted octanol–water partition coefficient (Wildman–Crippen LogP) is 12.5. The second-order valence-electron chi connectivity index (χ2n) is 9.99. The second-order valence-corrected chi connectivity index (χ2v) is 17.7. The molecule has 1 saturated heterocycles. The van der Waals surface area contributed by atoms with Crippen LogP contribution < -0.4 is 21.2 Å². The third-order valence-electron chi connectivity index (χ3n) is 6.81. The van der Waals surface area contributed by atoms with Crippen molar-refractivity contribution in [3.8, 4) is 0 Å².